The van der Waals surface area contributed by atoms with E-state index in [9.17, 15) is 9.59 Å². The molecule has 1 unspecified atom stereocenters. The molecule has 0 aliphatic heterocycles. The van der Waals surface area contributed by atoms with Crippen LogP contribution in [-0.2, 0) is 23.8 Å². The Hall–Kier alpha value is -4.74. The minimum Gasteiger partial charge on any atom is -0.462 e. The number of esters is 2. The van der Waals surface area contributed by atoms with Gasteiger partial charge in [-0.1, -0.05) is 210 Å². The molecule has 0 spiro atoms. The van der Waals surface area contributed by atoms with E-state index in [1.807, 2.05) is 6.08 Å². The molecule has 0 aromatic rings. The second-order valence-electron chi connectivity index (χ2n) is 16.6. The normalized spacial score (nSPS) is 13.6. The van der Waals surface area contributed by atoms with Gasteiger partial charge in [0.2, 0.25) is 0 Å². The second kappa shape index (κ2) is 56.6. The number of allylic oxidation sites excluding steroid dienone is 28. The Bertz CT molecular complexity index is 1570. The number of carbonyl (C=O) groups is 2. The highest BCUT2D eigenvalue weighted by atomic mass is 16.6. The van der Waals surface area contributed by atoms with Crippen molar-refractivity contribution < 1.29 is 23.8 Å². The second-order valence-corrected chi connectivity index (χ2v) is 16.6. The van der Waals surface area contributed by atoms with Crippen molar-refractivity contribution in [2.45, 2.75) is 194 Å². The summed E-state index contributed by atoms with van der Waals surface area (Å²) in [5, 5.41) is 0. The molecule has 0 aromatic heterocycles. The molecule has 0 heterocycles. The number of hydrogen-bond acceptors (Lipinski definition) is 5. The SMILES string of the molecule is CC/C=C\C/C=C\C/C=C\C/C=C\C/C=C\C/C=C\CCC(=O)OCC(COCCCCC/C=C\C/C=C\C/C=C\C/C=C\CC)OC(=O)CCCCCC/C=C\C/C=C\C/C=C\C/C=C\CC. The molecule has 378 valence electrons. The zero-order valence-corrected chi connectivity index (χ0v) is 43.3. The van der Waals surface area contributed by atoms with Crippen molar-refractivity contribution in [3.8, 4) is 0 Å². The van der Waals surface area contributed by atoms with Gasteiger partial charge in [-0.15, -0.1) is 0 Å². The lowest BCUT2D eigenvalue weighted by Gasteiger charge is -2.18. The van der Waals surface area contributed by atoms with Crippen molar-refractivity contribution in [3.05, 3.63) is 170 Å². The van der Waals surface area contributed by atoms with Crippen LogP contribution in [0, 0.1) is 0 Å². The Balaban J connectivity index is 4.55. The van der Waals surface area contributed by atoms with Crippen LogP contribution in [0.3, 0.4) is 0 Å². The monoisotopic (exact) mass is 933 g/mol. The summed E-state index contributed by atoms with van der Waals surface area (Å²) in [5.41, 5.74) is 0. The summed E-state index contributed by atoms with van der Waals surface area (Å²) in [6.45, 7) is 7.27. The van der Waals surface area contributed by atoms with E-state index in [1.54, 1.807) is 0 Å². The molecule has 0 aliphatic rings. The van der Waals surface area contributed by atoms with E-state index in [0.29, 0.717) is 19.4 Å². The van der Waals surface area contributed by atoms with Gasteiger partial charge in [0.15, 0.2) is 6.10 Å². The van der Waals surface area contributed by atoms with Gasteiger partial charge in [0, 0.05) is 19.4 Å². The lowest BCUT2D eigenvalue weighted by Crippen LogP contribution is -2.30. The summed E-state index contributed by atoms with van der Waals surface area (Å²) in [6, 6.07) is 0. The number of rotatable bonds is 46. The molecule has 0 amide bonds. The van der Waals surface area contributed by atoms with Crippen LogP contribution in [0.1, 0.15) is 188 Å². The third-order valence-corrected chi connectivity index (χ3v) is 10.2. The summed E-state index contributed by atoms with van der Waals surface area (Å²) in [5.74, 6) is -0.556. The maximum Gasteiger partial charge on any atom is 0.306 e. The maximum atomic E-state index is 12.8. The summed E-state index contributed by atoms with van der Waals surface area (Å²) in [7, 11) is 0. The molecular formula is C63H96O5. The molecule has 5 nitrogen and oxygen atoms in total. The summed E-state index contributed by atoms with van der Waals surface area (Å²) >= 11 is 0. The molecule has 0 aromatic carbocycles. The first-order valence-electron chi connectivity index (χ1n) is 26.7. The smallest absolute Gasteiger partial charge is 0.306 e. The van der Waals surface area contributed by atoms with E-state index in [2.05, 4.69) is 185 Å². The topological polar surface area (TPSA) is 61.8 Å². The molecule has 0 radical (unpaired) electrons. The van der Waals surface area contributed by atoms with Crippen LogP contribution in [0.15, 0.2) is 170 Å². The maximum absolute atomic E-state index is 12.8. The van der Waals surface area contributed by atoms with Gasteiger partial charge < -0.3 is 14.2 Å². The van der Waals surface area contributed by atoms with Gasteiger partial charge in [-0.05, 0) is 135 Å². The summed E-state index contributed by atoms with van der Waals surface area (Å²) in [4.78, 5) is 25.4. The Morgan fingerprint density at radius 1 is 0.324 bits per heavy atom. The van der Waals surface area contributed by atoms with Gasteiger partial charge in [0.1, 0.15) is 6.61 Å². The number of carbonyl (C=O) groups excluding carboxylic acids is 2. The number of ether oxygens (including phenoxy) is 3. The summed E-state index contributed by atoms with van der Waals surface area (Å²) in [6.07, 6.45) is 85.2. The lowest BCUT2D eigenvalue weighted by atomic mass is 10.1. The first-order valence-corrected chi connectivity index (χ1v) is 26.7. The average Bonchev–Trinajstić information content (AvgIpc) is 3.34. The molecule has 0 fully saturated rings. The Morgan fingerprint density at radius 2 is 0.647 bits per heavy atom. The average molecular weight is 933 g/mol. The fourth-order valence-corrected chi connectivity index (χ4v) is 6.40. The third kappa shape index (κ3) is 53.9. The van der Waals surface area contributed by atoms with Gasteiger partial charge in [0.25, 0.3) is 0 Å². The van der Waals surface area contributed by atoms with Crippen molar-refractivity contribution in [2.24, 2.45) is 0 Å². The molecule has 0 aliphatic carbocycles. The quantitative estimate of drug-likeness (QED) is 0.0346. The van der Waals surface area contributed by atoms with Crippen molar-refractivity contribution in [1.29, 1.82) is 0 Å². The fourth-order valence-electron chi connectivity index (χ4n) is 6.40. The van der Waals surface area contributed by atoms with Crippen molar-refractivity contribution >= 4 is 11.9 Å². The minimum atomic E-state index is -0.611. The molecule has 0 N–H and O–H groups in total. The predicted molar refractivity (Wildman–Crippen MR) is 297 cm³/mol. The molecule has 0 rings (SSSR count). The lowest BCUT2D eigenvalue weighted by molar-refractivity contribution is -0.162. The van der Waals surface area contributed by atoms with Gasteiger partial charge in [0.05, 0.1) is 6.61 Å². The molecule has 0 saturated carbocycles. The highest BCUT2D eigenvalue weighted by molar-refractivity contribution is 5.70. The van der Waals surface area contributed by atoms with Crippen LogP contribution in [0.4, 0.5) is 0 Å². The Kier molecular flexibility index (Phi) is 52.6. The van der Waals surface area contributed by atoms with E-state index in [1.165, 1.54) is 0 Å². The van der Waals surface area contributed by atoms with Gasteiger partial charge in [-0.25, -0.2) is 0 Å². The van der Waals surface area contributed by atoms with Crippen LogP contribution < -0.4 is 0 Å². The molecule has 0 saturated heterocycles. The van der Waals surface area contributed by atoms with E-state index >= 15 is 0 Å². The fraction of sp³-hybridized carbons (Fsp3) is 0.524. The van der Waals surface area contributed by atoms with Crippen LogP contribution >= 0.6 is 0 Å². The largest absolute Gasteiger partial charge is 0.462 e. The zero-order valence-electron chi connectivity index (χ0n) is 43.3. The van der Waals surface area contributed by atoms with E-state index in [0.717, 1.165) is 148 Å². The number of unbranched alkanes of at least 4 members (excludes halogenated alkanes) is 7. The highest BCUT2D eigenvalue weighted by Gasteiger charge is 2.17. The van der Waals surface area contributed by atoms with E-state index < -0.39 is 6.10 Å². The predicted octanol–water partition coefficient (Wildman–Crippen LogP) is 18.4. The van der Waals surface area contributed by atoms with Gasteiger partial charge in [-0.2, -0.15) is 0 Å². The van der Waals surface area contributed by atoms with Gasteiger partial charge in [-0.3, -0.25) is 9.59 Å². The first kappa shape index (κ1) is 63.3. The Morgan fingerprint density at radius 3 is 1.03 bits per heavy atom. The van der Waals surface area contributed by atoms with Crippen LogP contribution in [0.25, 0.3) is 0 Å². The van der Waals surface area contributed by atoms with E-state index in [4.69, 9.17) is 14.2 Å². The van der Waals surface area contributed by atoms with Crippen LogP contribution in [0.5, 0.6) is 0 Å². The van der Waals surface area contributed by atoms with Crippen molar-refractivity contribution in [3.63, 3.8) is 0 Å². The standard InChI is InChI=1S/C63H96O5/c1-4-7-10-13-16-19-22-25-28-31-32-34-35-38-41-44-47-50-53-56-62(64)67-60-61(59-66-58-55-52-49-46-43-40-37-30-27-24-21-18-15-12-9-6-3)68-63(65)57-54-51-48-45-42-39-36-33-29-26-23-20-17-14-11-8-5-2/h7-12,16-21,25-30,32,34,36,38-41,43,47,50,61H,4-6,13-15,22-24,31,33,35,37,42,44-46,48-49,51-60H2,1-3H3/b10-7-,11-8-,12-9-,19-16-,20-17-,21-18-,28-25-,29-26-,30-27-,34-32-,39-36-,41-38-,43-40-,50-47-. The molecular weight excluding hydrogens is 837 g/mol. The third-order valence-electron chi connectivity index (χ3n) is 10.2. The van der Waals surface area contributed by atoms with Crippen LogP contribution in [0.2, 0.25) is 0 Å². The van der Waals surface area contributed by atoms with Gasteiger partial charge >= 0.3 is 11.9 Å². The molecule has 68 heavy (non-hydrogen) atoms. The van der Waals surface area contributed by atoms with Crippen molar-refractivity contribution in [2.75, 3.05) is 19.8 Å². The Labute approximate surface area is 417 Å². The molecule has 5 heteroatoms. The van der Waals surface area contributed by atoms with E-state index in [-0.39, 0.29) is 31.6 Å². The zero-order chi connectivity index (χ0) is 49.2. The highest BCUT2D eigenvalue weighted by Crippen LogP contribution is 2.10. The molecule has 0 bridgehead atoms. The van der Waals surface area contributed by atoms with Crippen LogP contribution in [-0.4, -0.2) is 37.9 Å². The minimum absolute atomic E-state index is 0.00895. The molecule has 1 atom stereocenters. The van der Waals surface area contributed by atoms with Crippen molar-refractivity contribution in [1.82, 2.24) is 0 Å². The summed E-state index contributed by atoms with van der Waals surface area (Å²) < 4.78 is 17.3. The number of hydrogen-bond donors (Lipinski definition) is 0. The first-order chi connectivity index (χ1) is 33.6.